The number of carbonyl (C=O) groups excluding carboxylic acids is 1. The number of aryl methyl sites for hydroxylation is 1. The van der Waals surface area contributed by atoms with E-state index in [2.05, 4.69) is 4.90 Å². The van der Waals surface area contributed by atoms with Gasteiger partial charge in [0.05, 0.1) is 27.4 Å². The third-order valence-corrected chi connectivity index (χ3v) is 6.54. The maximum absolute atomic E-state index is 12.8. The molecule has 0 saturated carbocycles. The van der Waals surface area contributed by atoms with Crippen molar-refractivity contribution in [1.82, 2.24) is 9.80 Å². The molecular formula is C23H36N2O5. The zero-order valence-electron chi connectivity index (χ0n) is 18.8. The second-order valence-corrected chi connectivity index (χ2v) is 8.08. The highest BCUT2D eigenvalue weighted by molar-refractivity contribution is 5.76. The third-order valence-electron chi connectivity index (χ3n) is 6.54. The molecule has 168 valence electrons. The Morgan fingerprint density at radius 2 is 1.57 bits per heavy atom. The zero-order chi connectivity index (χ0) is 21.5. The summed E-state index contributed by atoms with van der Waals surface area (Å²) in [4.78, 5) is 17.4. The average molecular weight is 421 g/mol. The molecule has 1 aromatic rings. The molecule has 0 radical (unpaired) electrons. The Bertz CT molecular complexity index is 695. The highest BCUT2D eigenvalue weighted by Gasteiger charge is 2.29. The van der Waals surface area contributed by atoms with Crippen molar-refractivity contribution in [3.05, 3.63) is 17.7 Å². The van der Waals surface area contributed by atoms with E-state index in [1.165, 1.54) is 0 Å². The van der Waals surface area contributed by atoms with Gasteiger partial charge in [-0.3, -0.25) is 4.79 Å². The van der Waals surface area contributed by atoms with Crippen LogP contribution < -0.4 is 14.2 Å². The summed E-state index contributed by atoms with van der Waals surface area (Å²) in [5.41, 5.74) is 0.958. The fourth-order valence-electron chi connectivity index (χ4n) is 4.72. The summed E-state index contributed by atoms with van der Waals surface area (Å²) in [6.07, 6.45) is 5.84. The second-order valence-electron chi connectivity index (χ2n) is 8.08. The first-order chi connectivity index (χ1) is 14.6. The summed E-state index contributed by atoms with van der Waals surface area (Å²) in [6.45, 7) is 3.90. The van der Waals surface area contributed by atoms with Crippen LogP contribution in [0.3, 0.4) is 0 Å². The maximum Gasteiger partial charge on any atom is 0.222 e. The topological polar surface area (TPSA) is 60.5 Å². The van der Waals surface area contributed by atoms with E-state index in [4.69, 9.17) is 18.9 Å². The number of hydrogen-bond acceptors (Lipinski definition) is 6. The molecule has 0 aliphatic carbocycles. The van der Waals surface area contributed by atoms with Gasteiger partial charge in [-0.1, -0.05) is 6.07 Å². The van der Waals surface area contributed by atoms with Crippen LogP contribution in [0.1, 0.15) is 37.7 Å². The fraction of sp³-hybridized carbons (Fsp3) is 0.696. The average Bonchev–Trinajstić information content (AvgIpc) is 2.81. The van der Waals surface area contributed by atoms with Crippen LogP contribution in [-0.2, 0) is 16.0 Å². The molecule has 1 amide bonds. The molecule has 7 nitrogen and oxygen atoms in total. The fourth-order valence-corrected chi connectivity index (χ4v) is 4.72. The molecule has 3 rings (SSSR count). The van der Waals surface area contributed by atoms with E-state index in [0.29, 0.717) is 42.2 Å². The third kappa shape index (κ3) is 5.19. The number of piperidine rings is 2. The lowest BCUT2D eigenvalue weighted by atomic mass is 9.98. The Balaban J connectivity index is 1.50. The summed E-state index contributed by atoms with van der Waals surface area (Å²) in [5, 5.41) is 0. The number of likely N-dealkylation sites (tertiary alicyclic amines) is 2. The van der Waals surface area contributed by atoms with E-state index in [1.54, 1.807) is 21.3 Å². The maximum atomic E-state index is 12.8. The number of nitrogens with zero attached hydrogens (tertiary/aromatic N) is 2. The lowest BCUT2D eigenvalue weighted by molar-refractivity contribution is -0.132. The number of benzene rings is 1. The summed E-state index contributed by atoms with van der Waals surface area (Å²) < 4.78 is 21.8. The Kier molecular flexibility index (Phi) is 8.22. The number of rotatable bonds is 8. The van der Waals surface area contributed by atoms with Crippen LogP contribution in [0.4, 0.5) is 0 Å². The second kappa shape index (κ2) is 10.9. The van der Waals surface area contributed by atoms with E-state index in [9.17, 15) is 4.79 Å². The highest BCUT2D eigenvalue weighted by atomic mass is 16.5. The van der Waals surface area contributed by atoms with Crippen molar-refractivity contribution >= 4 is 5.91 Å². The van der Waals surface area contributed by atoms with E-state index in [1.807, 2.05) is 24.1 Å². The summed E-state index contributed by atoms with van der Waals surface area (Å²) in [5.74, 6) is 2.05. The monoisotopic (exact) mass is 420 g/mol. The Morgan fingerprint density at radius 1 is 0.900 bits per heavy atom. The molecule has 30 heavy (non-hydrogen) atoms. The first kappa shape index (κ1) is 22.7. The molecule has 7 heteroatoms. The Hall–Kier alpha value is -1.99. The van der Waals surface area contributed by atoms with Gasteiger partial charge in [-0.15, -0.1) is 0 Å². The molecule has 0 spiro atoms. The number of hydrogen-bond donors (Lipinski definition) is 0. The van der Waals surface area contributed by atoms with Crippen LogP contribution >= 0.6 is 0 Å². The van der Waals surface area contributed by atoms with Gasteiger partial charge in [-0.2, -0.15) is 0 Å². The van der Waals surface area contributed by atoms with E-state index >= 15 is 0 Å². The standard InChI is InChI=1S/C23H36N2O5/c1-27-19-11-15-24(16-12-19)18-9-13-25(14-10-18)21(26)8-6-17-5-7-20(28-2)23(30-4)22(17)29-3/h5,7,18-19H,6,8-16H2,1-4H3. The molecule has 2 saturated heterocycles. The molecule has 1 aromatic carbocycles. The predicted octanol–water partition coefficient (Wildman–Crippen LogP) is 2.75. The van der Waals surface area contributed by atoms with Crippen molar-refractivity contribution in [1.29, 1.82) is 0 Å². The minimum atomic E-state index is 0.211. The van der Waals surface area contributed by atoms with E-state index in [-0.39, 0.29) is 5.91 Å². The smallest absolute Gasteiger partial charge is 0.222 e. The van der Waals surface area contributed by atoms with Gasteiger partial charge < -0.3 is 28.7 Å². The van der Waals surface area contributed by atoms with Gasteiger partial charge in [-0.25, -0.2) is 0 Å². The largest absolute Gasteiger partial charge is 0.493 e. The van der Waals surface area contributed by atoms with Crippen molar-refractivity contribution in [3.63, 3.8) is 0 Å². The van der Waals surface area contributed by atoms with Crippen molar-refractivity contribution in [2.75, 3.05) is 54.6 Å². The van der Waals surface area contributed by atoms with Crippen LogP contribution in [0.2, 0.25) is 0 Å². The molecular weight excluding hydrogens is 384 g/mol. The predicted molar refractivity (Wildman–Crippen MR) is 116 cm³/mol. The molecule has 0 bridgehead atoms. The van der Waals surface area contributed by atoms with Crippen LogP contribution in [0, 0.1) is 0 Å². The van der Waals surface area contributed by atoms with Crippen LogP contribution in [0.25, 0.3) is 0 Å². The van der Waals surface area contributed by atoms with Gasteiger partial charge in [0.1, 0.15) is 0 Å². The number of methoxy groups -OCH3 is 4. The molecule has 0 atom stereocenters. The normalized spacial score (nSPS) is 19.0. The molecule has 0 aromatic heterocycles. The summed E-state index contributed by atoms with van der Waals surface area (Å²) in [7, 11) is 6.62. The van der Waals surface area contributed by atoms with Crippen LogP contribution in [0.5, 0.6) is 17.2 Å². The summed E-state index contributed by atoms with van der Waals surface area (Å²) in [6, 6.07) is 4.40. The van der Waals surface area contributed by atoms with Gasteiger partial charge >= 0.3 is 0 Å². The van der Waals surface area contributed by atoms with Crippen molar-refractivity contribution < 1.29 is 23.7 Å². The lowest BCUT2D eigenvalue weighted by Crippen LogP contribution is -2.49. The number of ether oxygens (including phenoxy) is 4. The lowest BCUT2D eigenvalue weighted by Gasteiger charge is -2.41. The Labute approximate surface area is 180 Å². The number of carbonyl (C=O) groups is 1. The molecule has 2 aliphatic heterocycles. The van der Waals surface area contributed by atoms with Crippen LogP contribution in [0.15, 0.2) is 12.1 Å². The SMILES string of the molecule is COc1ccc(CCC(=O)N2CCC(N3CCC(OC)CC3)CC2)c(OC)c1OC. The first-order valence-corrected chi connectivity index (χ1v) is 10.9. The van der Waals surface area contributed by atoms with Gasteiger partial charge in [0, 0.05) is 45.8 Å². The Morgan fingerprint density at radius 3 is 2.13 bits per heavy atom. The van der Waals surface area contributed by atoms with E-state index < -0.39 is 0 Å². The first-order valence-electron chi connectivity index (χ1n) is 10.9. The van der Waals surface area contributed by atoms with Crippen molar-refractivity contribution in [2.24, 2.45) is 0 Å². The van der Waals surface area contributed by atoms with E-state index in [0.717, 1.165) is 57.4 Å². The molecule has 0 N–H and O–H groups in total. The van der Waals surface area contributed by atoms with Crippen LogP contribution in [-0.4, -0.2) is 82.5 Å². The summed E-state index contributed by atoms with van der Waals surface area (Å²) >= 11 is 0. The molecule has 0 unspecified atom stereocenters. The van der Waals surface area contributed by atoms with Gasteiger partial charge in [0.2, 0.25) is 11.7 Å². The molecule has 2 aliphatic rings. The van der Waals surface area contributed by atoms with Gasteiger partial charge in [0.15, 0.2) is 11.5 Å². The molecule has 2 fully saturated rings. The van der Waals surface area contributed by atoms with Gasteiger partial charge in [0.25, 0.3) is 0 Å². The quantitative estimate of drug-likeness (QED) is 0.645. The molecule has 2 heterocycles. The number of amides is 1. The highest BCUT2D eigenvalue weighted by Crippen LogP contribution is 2.40. The minimum Gasteiger partial charge on any atom is -0.493 e. The minimum absolute atomic E-state index is 0.211. The van der Waals surface area contributed by atoms with Crippen molar-refractivity contribution in [2.45, 2.75) is 50.7 Å². The van der Waals surface area contributed by atoms with Crippen molar-refractivity contribution in [3.8, 4) is 17.2 Å². The van der Waals surface area contributed by atoms with Gasteiger partial charge in [-0.05, 0) is 43.7 Å². The zero-order valence-corrected chi connectivity index (χ0v) is 18.8.